The number of hydrogen-bond donors (Lipinski definition) is 1. The number of halogens is 2. The Balaban J connectivity index is 1.57. The van der Waals surface area contributed by atoms with Crippen molar-refractivity contribution in [3.8, 4) is 0 Å². The average molecular weight is 347 g/mol. The minimum absolute atomic E-state index is 0.112. The smallest absolute Gasteiger partial charge is 0.255 e. The number of aromatic nitrogens is 1. The van der Waals surface area contributed by atoms with Crippen LogP contribution in [0, 0.1) is 12.7 Å². The molecule has 4 nitrogen and oxygen atoms in total. The van der Waals surface area contributed by atoms with E-state index < -0.39 is 11.7 Å². The Bertz CT molecular complexity index is 859. The summed E-state index contributed by atoms with van der Waals surface area (Å²) in [5.41, 5.74) is 2.10. The number of amides is 1. The standard InChI is InChI=1S/C18H16ClFN2O2/c1-11-8-9-12(20)16(17(11)19)18(23)21-10-4-7-15-22-13-5-2-3-6-14(13)24-15/h2-3,5-6,8-9H,4,7,10H2,1H3,(H,21,23). The molecule has 0 saturated heterocycles. The maximum absolute atomic E-state index is 13.8. The van der Waals surface area contributed by atoms with E-state index in [2.05, 4.69) is 10.3 Å². The number of benzene rings is 2. The summed E-state index contributed by atoms with van der Waals surface area (Å²) in [5, 5.41) is 2.82. The van der Waals surface area contributed by atoms with Crippen molar-refractivity contribution in [2.45, 2.75) is 19.8 Å². The van der Waals surface area contributed by atoms with Gasteiger partial charge in [0.2, 0.25) is 0 Å². The van der Waals surface area contributed by atoms with Crippen molar-refractivity contribution in [1.82, 2.24) is 10.3 Å². The van der Waals surface area contributed by atoms with Crippen LogP contribution in [0.2, 0.25) is 5.02 Å². The van der Waals surface area contributed by atoms with Gasteiger partial charge in [-0.3, -0.25) is 4.79 Å². The second-order valence-corrected chi connectivity index (χ2v) is 5.87. The summed E-state index contributed by atoms with van der Waals surface area (Å²) in [6.45, 7) is 2.10. The Morgan fingerprint density at radius 3 is 2.88 bits per heavy atom. The van der Waals surface area contributed by atoms with Gasteiger partial charge < -0.3 is 9.73 Å². The van der Waals surface area contributed by atoms with Crippen molar-refractivity contribution in [1.29, 1.82) is 0 Å². The van der Waals surface area contributed by atoms with Gasteiger partial charge in [-0.1, -0.05) is 29.8 Å². The van der Waals surface area contributed by atoms with Gasteiger partial charge in [-0.05, 0) is 37.1 Å². The fourth-order valence-corrected chi connectivity index (χ4v) is 2.66. The molecular formula is C18H16ClFN2O2. The Hall–Kier alpha value is -2.40. The number of rotatable bonds is 5. The van der Waals surface area contributed by atoms with Crippen LogP contribution in [0.3, 0.4) is 0 Å². The molecule has 1 heterocycles. The molecule has 0 saturated carbocycles. The van der Waals surface area contributed by atoms with E-state index in [0.29, 0.717) is 30.8 Å². The molecule has 2 aromatic carbocycles. The van der Waals surface area contributed by atoms with Gasteiger partial charge in [0, 0.05) is 13.0 Å². The van der Waals surface area contributed by atoms with Crippen molar-refractivity contribution >= 4 is 28.6 Å². The first-order valence-corrected chi connectivity index (χ1v) is 8.01. The number of aryl methyl sites for hydroxylation is 2. The lowest BCUT2D eigenvalue weighted by Crippen LogP contribution is -2.26. The Labute approximate surface area is 143 Å². The minimum atomic E-state index is -0.623. The van der Waals surface area contributed by atoms with E-state index >= 15 is 0 Å². The number of carbonyl (C=O) groups excluding carboxylic acids is 1. The van der Waals surface area contributed by atoms with Gasteiger partial charge >= 0.3 is 0 Å². The molecule has 3 aromatic rings. The van der Waals surface area contributed by atoms with Gasteiger partial charge in [0.15, 0.2) is 11.5 Å². The first-order valence-electron chi connectivity index (χ1n) is 7.63. The van der Waals surface area contributed by atoms with Gasteiger partial charge in [-0.25, -0.2) is 9.37 Å². The normalized spacial score (nSPS) is 11.0. The van der Waals surface area contributed by atoms with Gasteiger partial charge in [0.05, 0.1) is 10.6 Å². The van der Waals surface area contributed by atoms with Crippen LogP contribution in [0.5, 0.6) is 0 Å². The van der Waals surface area contributed by atoms with Crippen LogP contribution >= 0.6 is 11.6 Å². The highest BCUT2D eigenvalue weighted by atomic mass is 35.5. The molecule has 0 spiro atoms. The molecule has 0 unspecified atom stereocenters. The molecule has 124 valence electrons. The van der Waals surface area contributed by atoms with E-state index in [9.17, 15) is 9.18 Å². The summed E-state index contributed by atoms with van der Waals surface area (Å²) in [7, 11) is 0. The van der Waals surface area contributed by atoms with Gasteiger partial charge in [0.1, 0.15) is 11.3 Å². The van der Waals surface area contributed by atoms with Crippen LogP contribution in [0.4, 0.5) is 4.39 Å². The summed E-state index contributed by atoms with van der Waals surface area (Å²) in [5.74, 6) is -0.522. The predicted octanol–water partition coefficient (Wildman–Crippen LogP) is 4.29. The van der Waals surface area contributed by atoms with Crippen LogP contribution in [0.25, 0.3) is 11.1 Å². The molecule has 0 aliphatic carbocycles. The Kier molecular flexibility index (Phi) is 4.81. The maximum atomic E-state index is 13.8. The third-order valence-electron chi connectivity index (χ3n) is 3.70. The van der Waals surface area contributed by atoms with Crippen LogP contribution in [0.15, 0.2) is 40.8 Å². The lowest BCUT2D eigenvalue weighted by molar-refractivity contribution is 0.0949. The molecule has 0 aliphatic heterocycles. The van der Waals surface area contributed by atoms with Gasteiger partial charge in [-0.2, -0.15) is 0 Å². The SMILES string of the molecule is Cc1ccc(F)c(C(=O)NCCCc2nc3ccccc3o2)c1Cl. The highest BCUT2D eigenvalue weighted by molar-refractivity contribution is 6.34. The first kappa shape index (κ1) is 16.5. The Morgan fingerprint density at radius 1 is 1.29 bits per heavy atom. The quantitative estimate of drug-likeness (QED) is 0.701. The monoisotopic (exact) mass is 346 g/mol. The minimum Gasteiger partial charge on any atom is -0.441 e. The molecule has 0 radical (unpaired) electrons. The predicted molar refractivity (Wildman–Crippen MR) is 90.8 cm³/mol. The van der Waals surface area contributed by atoms with E-state index in [1.165, 1.54) is 6.07 Å². The van der Waals surface area contributed by atoms with E-state index in [0.717, 1.165) is 11.1 Å². The summed E-state index contributed by atoms with van der Waals surface area (Å²) < 4.78 is 19.4. The molecule has 24 heavy (non-hydrogen) atoms. The zero-order valence-electron chi connectivity index (χ0n) is 13.1. The third kappa shape index (κ3) is 3.41. The van der Waals surface area contributed by atoms with Crippen LogP contribution < -0.4 is 5.32 Å². The molecular weight excluding hydrogens is 331 g/mol. The van der Waals surface area contributed by atoms with Crippen LogP contribution in [-0.2, 0) is 6.42 Å². The van der Waals surface area contributed by atoms with E-state index in [-0.39, 0.29) is 10.6 Å². The van der Waals surface area contributed by atoms with Gasteiger partial charge in [-0.15, -0.1) is 0 Å². The summed E-state index contributed by atoms with van der Waals surface area (Å²) in [4.78, 5) is 16.5. The van der Waals surface area contributed by atoms with Crippen molar-refractivity contribution in [3.63, 3.8) is 0 Å². The molecule has 3 rings (SSSR count). The number of fused-ring (bicyclic) bond motifs is 1. The molecule has 0 fully saturated rings. The number of oxazole rings is 1. The van der Waals surface area contributed by atoms with Crippen molar-refractivity contribution in [2.75, 3.05) is 6.54 Å². The molecule has 1 N–H and O–H groups in total. The summed E-state index contributed by atoms with van der Waals surface area (Å²) in [6, 6.07) is 10.3. The number of para-hydroxylation sites is 2. The third-order valence-corrected chi connectivity index (χ3v) is 4.19. The molecule has 1 amide bonds. The highest BCUT2D eigenvalue weighted by Crippen LogP contribution is 2.23. The van der Waals surface area contributed by atoms with Gasteiger partial charge in [0.25, 0.3) is 5.91 Å². The zero-order chi connectivity index (χ0) is 17.1. The first-order chi connectivity index (χ1) is 11.6. The zero-order valence-corrected chi connectivity index (χ0v) is 13.9. The van der Waals surface area contributed by atoms with Crippen molar-refractivity contribution < 1.29 is 13.6 Å². The molecule has 0 atom stereocenters. The Morgan fingerprint density at radius 2 is 2.08 bits per heavy atom. The van der Waals surface area contributed by atoms with Crippen molar-refractivity contribution in [3.05, 3.63) is 64.3 Å². The number of carbonyl (C=O) groups is 1. The molecule has 0 bridgehead atoms. The lowest BCUT2D eigenvalue weighted by Gasteiger charge is -2.09. The van der Waals surface area contributed by atoms with Crippen LogP contribution in [0.1, 0.15) is 28.2 Å². The molecule has 1 aromatic heterocycles. The molecule has 0 aliphatic rings. The van der Waals surface area contributed by atoms with Crippen molar-refractivity contribution in [2.24, 2.45) is 0 Å². The highest BCUT2D eigenvalue weighted by Gasteiger charge is 2.17. The van der Waals surface area contributed by atoms with E-state index in [1.807, 2.05) is 24.3 Å². The lowest BCUT2D eigenvalue weighted by atomic mass is 10.1. The largest absolute Gasteiger partial charge is 0.441 e. The topological polar surface area (TPSA) is 55.1 Å². The number of nitrogens with zero attached hydrogens (tertiary/aromatic N) is 1. The summed E-state index contributed by atoms with van der Waals surface area (Å²) in [6.07, 6.45) is 1.21. The average Bonchev–Trinajstić information content (AvgIpc) is 2.98. The second kappa shape index (κ2) is 7.01. The van der Waals surface area contributed by atoms with E-state index in [1.54, 1.807) is 13.0 Å². The number of nitrogens with one attached hydrogen (secondary N) is 1. The van der Waals surface area contributed by atoms with Crippen LogP contribution in [-0.4, -0.2) is 17.4 Å². The fourth-order valence-electron chi connectivity index (χ4n) is 2.42. The summed E-state index contributed by atoms with van der Waals surface area (Å²) >= 11 is 6.02. The second-order valence-electron chi connectivity index (χ2n) is 5.49. The molecule has 6 heteroatoms. The fraction of sp³-hybridized carbons (Fsp3) is 0.222. The maximum Gasteiger partial charge on any atom is 0.255 e. The number of hydrogen-bond acceptors (Lipinski definition) is 3. The van der Waals surface area contributed by atoms with E-state index in [4.69, 9.17) is 16.0 Å².